The van der Waals surface area contributed by atoms with E-state index in [1.54, 1.807) is 6.92 Å². The maximum Gasteiger partial charge on any atom is 0.276 e. The highest BCUT2D eigenvalue weighted by Gasteiger charge is 2.49. The molecule has 1 aliphatic heterocycles. The molecule has 1 aliphatic rings. The number of fused-ring (bicyclic) bond motifs is 1. The number of aromatic nitrogens is 3. The molecule has 0 fully saturated rings. The highest BCUT2D eigenvalue weighted by atomic mass is 35.5. The SMILES string of the molecule is CC(C)(C)C1(C)NC(=O)c2c(Cl)cc(Nc3cc(N)ncn3)c(=O)n21. The van der Waals surface area contributed by atoms with Crippen molar-refractivity contribution in [3.63, 3.8) is 0 Å². The van der Waals surface area contributed by atoms with Crippen LogP contribution >= 0.6 is 11.6 Å². The summed E-state index contributed by atoms with van der Waals surface area (Å²) in [6.45, 7) is 7.61. The van der Waals surface area contributed by atoms with Gasteiger partial charge in [-0.2, -0.15) is 0 Å². The summed E-state index contributed by atoms with van der Waals surface area (Å²) in [5.74, 6) is 0.245. The average Bonchev–Trinajstić information content (AvgIpc) is 2.77. The van der Waals surface area contributed by atoms with E-state index in [0.29, 0.717) is 5.82 Å². The smallest absolute Gasteiger partial charge is 0.276 e. The van der Waals surface area contributed by atoms with E-state index in [0.717, 1.165) is 0 Å². The highest BCUT2D eigenvalue weighted by Crippen LogP contribution is 2.40. The number of halogens is 1. The van der Waals surface area contributed by atoms with Crippen molar-refractivity contribution in [1.82, 2.24) is 19.9 Å². The quantitative estimate of drug-likeness (QED) is 0.753. The van der Waals surface area contributed by atoms with Crippen molar-refractivity contribution in [2.75, 3.05) is 11.1 Å². The summed E-state index contributed by atoms with van der Waals surface area (Å²) in [6, 6.07) is 2.92. The minimum atomic E-state index is -0.928. The van der Waals surface area contributed by atoms with Gasteiger partial charge in [0.15, 0.2) is 0 Å². The summed E-state index contributed by atoms with van der Waals surface area (Å²) in [4.78, 5) is 33.3. The summed E-state index contributed by atoms with van der Waals surface area (Å²) >= 11 is 6.30. The molecule has 1 atom stereocenters. The number of hydrogen-bond donors (Lipinski definition) is 3. The Balaban J connectivity index is 2.20. The van der Waals surface area contributed by atoms with Crippen molar-refractivity contribution >= 4 is 34.8 Å². The summed E-state index contributed by atoms with van der Waals surface area (Å²) in [7, 11) is 0. The second kappa shape index (κ2) is 5.45. The molecular weight excluding hydrogens is 344 g/mol. The van der Waals surface area contributed by atoms with E-state index in [1.807, 2.05) is 20.8 Å². The third kappa shape index (κ3) is 2.62. The van der Waals surface area contributed by atoms with Gasteiger partial charge in [0.25, 0.3) is 11.5 Å². The van der Waals surface area contributed by atoms with Crippen LogP contribution in [0.25, 0.3) is 0 Å². The lowest BCUT2D eigenvalue weighted by atomic mass is 9.82. The monoisotopic (exact) mass is 362 g/mol. The maximum absolute atomic E-state index is 13.1. The first-order chi connectivity index (χ1) is 11.5. The minimum Gasteiger partial charge on any atom is -0.384 e. The highest BCUT2D eigenvalue weighted by molar-refractivity contribution is 6.34. The molecule has 0 aliphatic carbocycles. The van der Waals surface area contributed by atoms with Crippen LogP contribution in [0, 0.1) is 5.41 Å². The van der Waals surface area contributed by atoms with Crippen molar-refractivity contribution in [3.05, 3.63) is 39.5 Å². The zero-order valence-corrected chi connectivity index (χ0v) is 15.1. The van der Waals surface area contributed by atoms with E-state index < -0.39 is 11.1 Å². The van der Waals surface area contributed by atoms with Crippen molar-refractivity contribution in [2.24, 2.45) is 5.41 Å². The molecule has 2 aromatic heterocycles. The third-order valence-electron chi connectivity index (χ3n) is 4.58. The lowest BCUT2D eigenvalue weighted by molar-refractivity contribution is 0.0721. The van der Waals surface area contributed by atoms with Crippen molar-refractivity contribution < 1.29 is 4.79 Å². The van der Waals surface area contributed by atoms with Gasteiger partial charge < -0.3 is 16.4 Å². The number of carbonyl (C=O) groups is 1. The number of anilines is 3. The predicted molar refractivity (Wildman–Crippen MR) is 96.0 cm³/mol. The predicted octanol–water partition coefficient (Wildman–Crippen LogP) is 2.08. The Hall–Kier alpha value is -2.61. The Morgan fingerprint density at radius 1 is 1.28 bits per heavy atom. The molecular formula is C16H19ClN6O2. The number of nitrogens with zero attached hydrogens (tertiary/aromatic N) is 3. The van der Waals surface area contributed by atoms with Crippen molar-refractivity contribution in [2.45, 2.75) is 33.4 Å². The molecule has 0 bridgehead atoms. The molecule has 0 radical (unpaired) electrons. The summed E-state index contributed by atoms with van der Waals surface area (Å²) in [5.41, 5.74) is 4.24. The fourth-order valence-electron chi connectivity index (χ4n) is 2.75. The lowest BCUT2D eigenvalue weighted by Gasteiger charge is -2.40. The van der Waals surface area contributed by atoms with Gasteiger partial charge in [0.2, 0.25) is 0 Å². The van der Waals surface area contributed by atoms with Crippen LogP contribution in [0.5, 0.6) is 0 Å². The zero-order chi connectivity index (χ0) is 18.6. The van der Waals surface area contributed by atoms with Gasteiger partial charge >= 0.3 is 0 Å². The van der Waals surface area contributed by atoms with Gasteiger partial charge in [-0.25, -0.2) is 9.97 Å². The maximum atomic E-state index is 13.1. The number of hydrogen-bond acceptors (Lipinski definition) is 6. The second-order valence-corrected chi connectivity index (χ2v) is 7.53. The first-order valence-electron chi connectivity index (χ1n) is 7.68. The van der Waals surface area contributed by atoms with Gasteiger partial charge in [-0.1, -0.05) is 32.4 Å². The Morgan fingerprint density at radius 2 is 1.96 bits per heavy atom. The van der Waals surface area contributed by atoms with Crippen LogP contribution in [0.1, 0.15) is 38.2 Å². The number of pyridine rings is 1. The first-order valence-corrected chi connectivity index (χ1v) is 8.05. The van der Waals surface area contributed by atoms with E-state index in [-0.39, 0.29) is 33.7 Å². The molecule has 0 spiro atoms. The van der Waals surface area contributed by atoms with Gasteiger partial charge in [-0.15, -0.1) is 0 Å². The molecule has 1 amide bonds. The van der Waals surface area contributed by atoms with E-state index in [1.165, 1.54) is 23.0 Å². The largest absolute Gasteiger partial charge is 0.384 e. The topological polar surface area (TPSA) is 115 Å². The molecule has 8 nitrogen and oxygen atoms in total. The van der Waals surface area contributed by atoms with E-state index in [9.17, 15) is 9.59 Å². The Morgan fingerprint density at radius 3 is 2.56 bits per heavy atom. The molecule has 4 N–H and O–H groups in total. The van der Waals surface area contributed by atoms with Crippen LogP contribution in [-0.2, 0) is 5.66 Å². The van der Waals surface area contributed by atoms with Crippen LogP contribution in [0.15, 0.2) is 23.3 Å². The fourth-order valence-corrected chi connectivity index (χ4v) is 3.03. The molecule has 0 aromatic carbocycles. The van der Waals surface area contributed by atoms with Crippen LogP contribution in [0.2, 0.25) is 5.02 Å². The average molecular weight is 363 g/mol. The van der Waals surface area contributed by atoms with Gasteiger partial charge in [0.05, 0.1) is 5.02 Å². The van der Waals surface area contributed by atoms with E-state index in [2.05, 4.69) is 20.6 Å². The van der Waals surface area contributed by atoms with Gasteiger partial charge in [-0.3, -0.25) is 14.2 Å². The number of amides is 1. The summed E-state index contributed by atoms with van der Waals surface area (Å²) < 4.78 is 1.41. The van der Waals surface area contributed by atoms with Crippen LogP contribution in [0.3, 0.4) is 0 Å². The molecule has 2 aromatic rings. The number of nitrogen functional groups attached to an aromatic ring is 1. The summed E-state index contributed by atoms with van der Waals surface area (Å²) in [5, 5.41) is 5.96. The molecule has 0 saturated heterocycles. The van der Waals surface area contributed by atoms with Crippen LogP contribution in [0.4, 0.5) is 17.3 Å². The van der Waals surface area contributed by atoms with Crippen LogP contribution < -0.4 is 21.9 Å². The first kappa shape index (κ1) is 17.2. The van der Waals surface area contributed by atoms with E-state index >= 15 is 0 Å². The number of nitrogens with two attached hydrogens (primary N) is 1. The van der Waals surface area contributed by atoms with Gasteiger partial charge in [-0.05, 0) is 13.0 Å². The van der Waals surface area contributed by atoms with Gasteiger partial charge in [0.1, 0.15) is 35.0 Å². The number of carbonyl (C=O) groups excluding carboxylic acids is 1. The molecule has 3 heterocycles. The Labute approximate surface area is 149 Å². The molecule has 25 heavy (non-hydrogen) atoms. The molecule has 0 saturated carbocycles. The number of rotatable bonds is 2. The third-order valence-corrected chi connectivity index (χ3v) is 4.87. The Bertz CT molecular complexity index is 933. The zero-order valence-electron chi connectivity index (χ0n) is 14.3. The second-order valence-electron chi connectivity index (χ2n) is 7.12. The van der Waals surface area contributed by atoms with Crippen LogP contribution in [-0.4, -0.2) is 20.4 Å². The molecule has 1 unspecified atom stereocenters. The number of nitrogens with one attached hydrogen (secondary N) is 2. The lowest BCUT2D eigenvalue weighted by Crippen LogP contribution is -2.54. The van der Waals surface area contributed by atoms with Gasteiger partial charge in [0, 0.05) is 11.5 Å². The summed E-state index contributed by atoms with van der Waals surface area (Å²) in [6.07, 6.45) is 1.29. The molecule has 9 heteroatoms. The standard InChI is InChI=1S/C16H19ClN6O2/c1-15(2,3)16(4)22-13(24)12-8(17)5-9(14(25)23(12)16)21-11-6-10(18)19-7-20-11/h5-7H,1-4H3,(H,22,24)(H3,18,19,20,21). The Kier molecular flexibility index (Phi) is 3.75. The molecule has 132 valence electrons. The van der Waals surface area contributed by atoms with E-state index in [4.69, 9.17) is 17.3 Å². The fraction of sp³-hybridized carbons (Fsp3) is 0.375. The minimum absolute atomic E-state index is 0.150. The molecule has 3 rings (SSSR count). The normalized spacial score (nSPS) is 19.5. The van der Waals surface area contributed by atoms with Crippen molar-refractivity contribution in [1.29, 1.82) is 0 Å². The van der Waals surface area contributed by atoms with Crippen molar-refractivity contribution in [3.8, 4) is 0 Å².